The molecule has 13 heavy (non-hydrogen) atoms. The minimum Gasteiger partial charge on any atom is -0.515 e. The summed E-state index contributed by atoms with van der Waals surface area (Å²) < 4.78 is 0. The predicted octanol–water partition coefficient (Wildman–Crippen LogP) is 0.430. The Labute approximate surface area is 77.5 Å². The molecule has 0 aliphatic carbocycles. The molecule has 1 aliphatic heterocycles. The van der Waals surface area contributed by atoms with Gasteiger partial charge in [-0.3, -0.25) is 4.79 Å². The van der Waals surface area contributed by atoms with Crippen molar-refractivity contribution in [3.8, 4) is 0 Å². The lowest BCUT2D eigenvalue weighted by Crippen LogP contribution is -2.42. The van der Waals surface area contributed by atoms with Crippen molar-refractivity contribution in [1.29, 1.82) is 0 Å². The average Bonchev–Trinajstić information content (AvgIpc) is 2.25. The molecule has 1 unspecified atom stereocenters. The number of rotatable bonds is 0. The van der Waals surface area contributed by atoms with E-state index in [4.69, 9.17) is 5.11 Å². The fraction of sp³-hybridized carbons (Fsp3) is 0.667. The van der Waals surface area contributed by atoms with E-state index in [0.717, 1.165) is 0 Å². The highest BCUT2D eigenvalue weighted by Gasteiger charge is 2.39. The summed E-state index contributed by atoms with van der Waals surface area (Å²) in [5, 5.41) is 18.1. The molecule has 4 nitrogen and oxygen atoms in total. The van der Waals surface area contributed by atoms with E-state index in [-0.39, 0.29) is 23.6 Å². The number of aliphatic hydroxyl groups excluding tert-OH is 2. The minimum atomic E-state index is -0.864. The lowest BCUT2D eigenvalue weighted by Gasteiger charge is -2.31. The van der Waals surface area contributed by atoms with E-state index in [9.17, 15) is 9.90 Å². The first-order valence-electron chi connectivity index (χ1n) is 4.22. The molecule has 2 N–H and O–H groups in total. The summed E-state index contributed by atoms with van der Waals surface area (Å²) in [5.41, 5.74) is -0.238. The number of carbonyl (C=O) groups is 1. The highest BCUT2D eigenvalue weighted by atomic mass is 16.3. The molecule has 4 heteroatoms. The lowest BCUT2D eigenvalue weighted by atomic mass is 10.1. The van der Waals surface area contributed by atoms with E-state index in [1.165, 1.54) is 0 Å². The second kappa shape index (κ2) is 3.03. The number of aliphatic hydroxyl groups is 2. The minimum absolute atomic E-state index is 0.0786. The summed E-state index contributed by atoms with van der Waals surface area (Å²) in [4.78, 5) is 13.1. The molecule has 0 bridgehead atoms. The first-order chi connectivity index (χ1) is 5.88. The van der Waals surface area contributed by atoms with Crippen LogP contribution in [0.5, 0.6) is 0 Å². The van der Waals surface area contributed by atoms with Gasteiger partial charge in [0.2, 0.25) is 0 Å². The van der Waals surface area contributed by atoms with Crippen molar-refractivity contribution in [3.63, 3.8) is 0 Å². The third-order valence-corrected chi connectivity index (χ3v) is 2.16. The molecule has 1 atom stereocenters. The monoisotopic (exact) mass is 185 g/mol. The highest BCUT2D eigenvalue weighted by Crippen LogP contribution is 2.25. The number of amides is 1. The smallest absolute Gasteiger partial charge is 0.256 e. The average molecular weight is 185 g/mol. The Hall–Kier alpha value is -1.03. The second-order valence-electron chi connectivity index (χ2n) is 4.19. The van der Waals surface area contributed by atoms with Crippen LogP contribution in [0.3, 0.4) is 0 Å². The standard InChI is InChI=1S/C9H15NO3/c1-9(2,3)10-4-7(12)6(5-11)8(10)13/h5,7,11-12H,4H2,1-3H3/b6-5-. The Kier molecular flexibility index (Phi) is 2.34. The van der Waals surface area contributed by atoms with E-state index in [2.05, 4.69) is 0 Å². The SMILES string of the molecule is CC(C)(C)N1CC(O)/C(=C/O)C1=O. The van der Waals surface area contributed by atoms with Gasteiger partial charge in [0.25, 0.3) is 5.91 Å². The van der Waals surface area contributed by atoms with Gasteiger partial charge in [-0.15, -0.1) is 0 Å². The molecular weight excluding hydrogens is 170 g/mol. The van der Waals surface area contributed by atoms with Crippen LogP contribution in [0.25, 0.3) is 0 Å². The van der Waals surface area contributed by atoms with E-state index in [1.807, 2.05) is 20.8 Å². The summed E-state index contributed by atoms with van der Waals surface area (Å²) in [7, 11) is 0. The maximum Gasteiger partial charge on any atom is 0.256 e. The first-order valence-corrected chi connectivity index (χ1v) is 4.22. The topological polar surface area (TPSA) is 60.8 Å². The molecule has 74 valence electrons. The molecule has 0 spiro atoms. The van der Waals surface area contributed by atoms with Crippen LogP contribution >= 0.6 is 0 Å². The van der Waals surface area contributed by atoms with Crippen LogP contribution in [0.4, 0.5) is 0 Å². The van der Waals surface area contributed by atoms with E-state index < -0.39 is 6.10 Å². The van der Waals surface area contributed by atoms with Crippen molar-refractivity contribution in [3.05, 3.63) is 11.8 Å². The van der Waals surface area contributed by atoms with Gasteiger partial charge in [-0.2, -0.15) is 0 Å². The number of β-amino-alcohol motifs (C(OH)–C–C–N with tert-alkyl or cyclic N) is 1. The van der Waals surface area contributed by atoms with Crippen LogP contribution in [0.1, 0.15) is 20.8 Å². The van der Waals surface area contributed by atoms with Gasteiger partial charge in [0.15, 0.2) is 0 Å². The van der Waals surface area contributed by atoms with Gasteiger partial charge in [0.1, 0.15) is 6.10 Å². The number of hydrogen-bond acceptors (Lipinski definition) is 3. The highest BCUT2D eigenvalue weighted by molar-refractivity contribution is 5.97. The number of nitrogens with zero attached hydrogens (tertiary/aromatic N) is 1. The molecule has 1 heterocycles. The molecule has 0 aromatic heterocycles. The zero-order valence-electron chi connectivity index (χ0n) is 8.11. The van der Waals surface area contributed by atoms with E-state index >= 15 is 0 Å². The maximum absolute atomic E-state index is 11.5. The van der Waals surface area contributed by atoms with E-state index in [0.29, 0.717) is 6.26 Å². The van der Waals surface area contributed by atoms with Gasteiger partial charge in [-0.1, -0.05) is 0 Å². The number of hydrogen-bond donors (Lipinski definition) is 2. The van der Waals surface area contributed by atoms with Crippen molar-refractivity contribution in [2.24, 2.45) is 0 Å². The molecule has 1 amide bonds. The Morgan fingerprint density at radius 3 is 2.31 bits per heavy atom. The molecule has 0 aromatic carbocycles. The quantitative estimate of drug-likeness (QED) is 0.425. The number of carbonyl (C=O) groups excluding carboxylic acids is 1. The summed E-state index contributed by atoms with van der Waals surface area (Å²) in [5.74, 6) is -0.289. The molecule has 1 aliphatic rings. The van der Waals surface area contributed by atoms with Crippen molar-refractivity contribution in [2.45, 2.75) is 32.4 Å². The summed E-state index contributed by atoms with van der Waals surface area (Å²) in [6.45, 7) is 5.92. The van der Waals surface area contributed by atoms with Gasteiger partial charge < -0.3 is 15.1 Å². The second-order valence-corrected chi connectivity index (χ2v) is 4.19. The summed E-state index contributed by atoms with van der Waals surface area (Å²) in [6.07, 6.45) is -0.171. The molecule has 1 fully saturated rings. The summed E-state index contributed by atoms with van der Waals surface area (Å²) >= 11 is 0. The zero-order valence-corrected chi connectivity index (χ0v) is 8.11. The van der Waals surface area contributed by atoms with Crippen LogP contribution in [0, 0.1) is 0 Å². The molecule has 0 radical (unpaired) electrons. The summed E-state index contributed by atoms with van der Waals surface area (Å²) in [6, 6.07) is 0. The number of likely N-dealkylation sites (tertiary alicyclic amines) is 1. The van der Waals surface area contributed by atoms with Crippen LogP contribution < -0.4 is 0 Å². The first kappa shape index (κ1) is 10.1. The van der Waals surface area contributed by atoms with Gasteiger partial charge in [-0.05, 0) is 20.8 Å². The fourth-order valence-electron chi connectivity index (χ4n) is 1.37. The van der Waals surface area contributed by atoms with Gasteiger partial charge in [0, 0.05) is 5.54 Å². The van der Waals surface area contributed by atoms with E-state index in [1.54, 1.807) is 4.90 Å². The largest absolute Gasteiger partial charge is 0.515 e. The Bertz CT molecular complexity index is 252. The maximum atomic E-state index is 11.5. The van der Waals surface area contributed by atoms with Gasteiger partial charge in [-0.25, -0.2) is 0 Å². The van der Waals surface area contributed by atoms with Crippen LogP contribution in [-0.4, -0.2) is 39.2 Å². The molecular formula is C9H15NO3. The van der Waals surface area contributed by atoms with Gasteiger partial charge >= 0.3 is 0 Å². The molecule has 0 saturated carbocycles. The Morgan fingerprint density at radius 2 is 2.08 bits per heavy atom. The lowest BCUT2D eigenvalue weighted by molar-refractivity contribution is -0.128. The molecule has 0 aromatic rings. The van der Waals surface area contributed by atoms with Crippen molar-refractivity contribution in [1.82, 2.24) is 4.90 Å². The Morgan fingerprint density at radius 1 is 1.54 bits per heavy atom. The van der Waals surface area contributed by atoms with Crippen molar-refractivity contribution in [2.75, 3.05) is 6.54 Å². The fourth-order valence-corrected chi connectivity index (χ4v) is 1.37. The zero-order chi connectivity index (χ0) is 10.2. The van der Waals surface area contributed by atoms with Crippen LogP contribution in [-0.2, 0) is 4.79 Å². The predicted molar refractivity (Wildman–Crippen MR) is 48.2 cm³/mol. The van der Waals surface area contributed by atoms with Crippen molar-refractivity contribution < 1.29 is 15.0 Å². The molecule has 1 rings (SSSR count). The Balaban J connectivity index is 2.92. The third-order valence-electron chi connectivity index (χ3n) is 2.16. The molecule has 1 saturated heterocycles. The third kappa shape index (κ3) is 1.67. The van der Waals surface area contributed by atoms with Gasteiger partial charge in [0.05, 0.1) is 18.4 Å². The van der Waals surface area contributed by atoms with Crippen LogP contribution in [0.2, 0.25) is 0 Å². The normalized spacial score (nSPS) is 27.4. The van der Waals surface area contributed by atoms with Crippen LogP contribution in [0.15, 0.2) is 11.8 Å². The van der Waals surface area contributed by atoms with Crippen molar-refractivity contribution >= 4 is 5.91 Å².